The molecule has 0 saturated carbocycles. The van der Waals surface area contributed by atoms with Crippen molar-refractivity contribution < 1.29 is 4.21 Å². The quantitative estimate of drug-likeness (QED) is 0.612. The number of nitrogens with one attached hydrogen (secondary N) is 2. The lowest BCUT2D eigenvalue weighted by Crippen LogP contribution is -2.16. The van der Waals surface area contributed by atoms with E-state index in [2.05, 4.69) is 5.32 Å². The maximum absolute atomic E-state index is 11.0. The molecule has 4 heteroatoms. The first-order valence-corrected chi connectivity index (χ1v) is 5.63. The summed E-state index contributed by atoms with van der Waals surface area (Å²) in [7, 11) is -2.25. The summed E-state index contributed by atoms with van der Waals surface area (Å²) in [6.45, 7) is 1.98. The van der Waals surface area contributed by atoms with E-state index in [1.165, 1.54) is 6.26 Å². The van der Waals surface area contributed by atoms with Gasteiger partial charge in [0.1, 0.15) is 0 Å². The molecule has 0 bridgehead atoms. The molecule has 1 fully saturated rings. The van der Waals surface area contributed by atoms with E-state index in [1.54, 1.807) is 0 Å². The average Bonchev–Trinajstić information content (AvgIpc) is 2.12. The highest BCUT2D eigenvalue weighted by Gasteiger charge is 2.16. The Morgan fingerprint density at radius 1 is 1.80 bits per heavy atom. The Kier molecular flexibility index (Phi) is 2.31. The van der Waals surface area contributed by atoms with Crippen LogP contribution in [0.3, 0.4) is 0 Å². The highest BCUT2D eigenvalue weighted by atomic mass is 32.2. The Morgan fingerprint density at radius 3 is 2.90 bits per heavy atom. The second-order valence-corrected chi connectivity index (χ2v) is 5.37. The SMILES string of the molecule is CS(=N)(=O)CC1CCNC1. The Morgan fingerprint density at radius 2 is 2.50 bits per heavy atom. The van der Waals surface area contributed by atoms with E-state index >= 15 is 0 Å². The molecule has 60 valence electrons. The van der Waals surface area contributed by atoms with Gasteiger partial charge < -0.3 is 5.32 Å². The summed E-state index contributed by atoms with van der Waals surface area (Å²) in [5.74, 6) is 1.05. The first-order valence-electron chi connectivity index (χ1n) is 3.50. The van der Waals surface area contributed by atoms with Crippen molar-refractivity contribution in [1.82, 2.24) is 5.32 Å². The predicted molar refractivity (Wildman–Crippen MR) is 42.6 cm³/mol. The normalized spacial score (nSPS) is 31.9. The van der Waals surface area contributed by atoms with Crippen molar-refractivity contribution in [3.05, 3.63) is 0 Å². The smallest absolute Gasteiger partial charge is 0.0415 e. The summed E-state index contributed by atoms with van der Waals surface area (Å²) in [6, 6.07) is 0. The predicted octanol–water partition coefficient (Wildman–Crippen LogP) is 0.272. The standard InChI is InChI=1S/C6H14N2OS/c1-10(7,9)5-6-2-3-8-4-6/h6-8H,2-5H2,1H3. The third kappa shape index (κ3) is 2.66. The van der Waals surface area contributed by atoms with Gasteiger partial charge >= 0.3 is 0 Å². The van der Waals surface area contributed by atoms with Gasteiger partial charge in [-0.15, -0.1) is 0 Å². The van der Waals surface area contributed by atoms with Crippen LogP contribution in [0.15, 0.2) is 0 Å². The Bertz CT molecular complexity index is 192. The number of hydrogen-bond acceptors (Lipinski definition) is 3. The molecule has 1 rings (SSSR count). The van der Waals surface area contributed by atoms with Crippen molar-refractivity contribution >= 4 is 9.73 Å². The summed E-state index contributed by atoms with van der Waals surface area (Å²) in [6.07, 6.45) is 2.61. The molecule has 0 aromatic rings. The molecule has 0 aliphatic carbocycles. The minimum absolute atomic E-state index is 0.481. The molecule has 2 N–H and O–H groups in total. The van der Waals surface area contributed by atoms with Crippen LogP contribution in [0.2, 0.25) is 0 Å². The van der Waals surface area contributed by atoms with Gasteiger partial charge in [0.2, 0.25) is 0 Å². The van der Waals surface area contributed by atoms with E-state index in [-0.39, 0.29) is 0 Å². The average molecular weight is 162 g/mol. The van der Waals surface area contributed by atoms with Gasteiger partial charge in [-0.25, -0.2) is 0 Å². The zero-order valence-corrected chi connectivity index (χ0v) is 7.04. The van der Waals surface area contributed by atoms with Gasteiger partial charge in [0.25, 0.3) is 0 Å². The van der Waals surface area contributed by atoms with E-state index in [9.17, 15) is 4.21 Å². The fourth-order valence-corrected chi connectivity index (χ4v) is 2.49. The Balaban J connectivity index is 2.38. The molecule has 0 aromatic carbocycles. The lowest BCUT2D eigenvalue weighted by Gasteiger charge is -2.06. The zero-order chi connectivity index (χ0) is 7.61. The van der Waals surface area contributed by atoms with Gasteiger partial charge in [0.05, 0.1) is 0 Å². The molecule has 1 heterocycles. The van der Waals surface area contributed by atoms with Gasteiger partial charge in [-0.2, -0.15) is 0 Å². The van der Waals surface area contributed by atoms with Crippen molar-refractivity contribution in [2.24, 2.45) is 5.92 Å². The maximum atomic E-state index is 11.0. The summed E-state index contributed by atoms with van der Waals surface area (Å²) >= 11 is 0. The first kappa shape index (κ1) is 8.01. The largest absolute Gasteiger partial charge is 0.316 e. The van der Waals surface area contributed by atoms with E-state index in [1.807, 2.05) is 0 Å². The summed E-state index contributed by atoms with van der Waals surface area (Å²) < 4.78 is 18.2. The van der Waals surface area contributed by atoms with Gasteiger partial charge in [0, 0.05) is 21.7 Å². The fourth-order valence-electron chi connectivity index (χ4n) is 1.31. The topological polar surface area (TPSA) is 53.0 Å². The molecular weight excluding hydrogens is 148 g/mol. The minimum atomic E-state index is -2.25. The highest BCUT2D eigenvalue weighted by molar-refractivity contribution is 7.91. The molecule has 10 heavy (non-hydrogen) atoms. The van der Waals surface area contributed by atoms with Gasteiger partial charge in [-0.3, -0.25) is 8.99 Å². The van der Waals surface area contributed by atoms with Gasteiger partial charge in [-0.1, -0.05) is 0 Å². The summed E-state index contributed by atoms with van der Waals surface area (Å²) in [5.41, 5.74) is 0. The highest BCUT2D eigenvalue weighted by Crippen LogP contribution is 2.09. The molecule has 3 nitrogen and oxygen atoms in total. The van der Waals surface area contributed by atoms with Crippen LogP contribution < -0.4 is 5.32 Å². The van der Waals surface area contributed by atoms with Crippen LogP contribution in [0.4, 0.5) is 0 Å². The molecular formula is C6H14N2OS. The lowest BCUT2D eigenvalue weighted by atomic mass is 10.2. The van der Waals surface area contributed by atoms with E-state index < -0.39 is 9.73 Å². The van der Waals surface area contributed by atoms with Crippen LogP contribution in [0.25, 0.3) is 0 Å². The molecule has 0 spiro atoms. The maximum Gasteiger partial charge on any atom is 0.0415 e. The summed E-state index contributed by atoms with van der Waals surface area (Å²) in [4.78, 5) is 0. The Labute approximate surface area is 62.2 Å². The van der Waals surface area contributed by atoms with E-state index in [0.29, 0.717) is 11.7 Å². The van der Waals surface area contributed by atoms with Crippen LogP contribution >= 0.6 is 0 Å². The van der Waals surface area contributed by atoms with Crippen molar-refractivity contribution in [2.75, 3.05) is 25.1 Å². The van der Waals surface area contributed by atoms with E-state index in [0.717, 1.165) is 19.5 Å². The van der Waals surface area contributed by atoms with E-state index in [4.69, 9.17) is 4.78 Å². The van der Waals surface area contributed by atoms with Crippen molar-refractivity contribution in [3.63, 3.8) is 0 Å². The zero-order valence-electron chi connectivity index (χ0n) is 6.22. The second kappa shape index (κ2) is 2.88. The third-order valence-electron chi connectivity index (χ3n) is 1.72. The molecule has 0 radical (unpaired) electrons. The van der Waals surface area contributed by atoms with Gasteiger partial charge in [-0.05, 0) is 25.4 Å². The monoisotopic (exact) mass is 162 g/mol. The molecule has 2 unspecified atom stereocenters. The van der Waals surface area contributed by atoms with Crippen LogP contribution in [0.1, 0.15) is 6.42 Å². The summed E-state index contributed by atoms with van der Waals surface area (Å²) in [5, 5.41) is 3.19. The molecule has 1 saturated heterocycles. The molecule has 2 atom stereocenters. The first-order chi connectivity index (χ1) is 4.58. The van der Waals surface area contributed by atoms with Crippen LogP contribution in [0, 0.1) is 10.7 Å². The van der Waals surface area contributed by atoms with Crippen molar-refractivity contribution in [2.45, 2.75) is 6.42 Å². The third-order valence-corrected chi connectivity index (χ3v) is 2.82. The lowest BCUT2D eigenvalue weighted by molar-refractivity contribution is 0.629. The number of rotatable bonds is 2. The molecule has 1 aliphatic rings. The fraction of sp³-hybridized carbons (Fsp3) is 1.00. The van der Waals surface area contributed by atoms with Crippen molar-refractivity contribution in [3.8, 4) is 0 Å². The van der Waals surface area contributed by atoms with Crippen LogP contribution in [-0.4, -0.2) is 29.3 Å². The Hall–Kier alpha value is -0.0900. The van der Waals surface area contributed by atoms with Crippen molar-refractivity contribution in [1.29, 1.82) is 4.78 Å². The van der Waals surface area contributed by atoms with Crippen LogP contribution in [-0.2, 0) is 9.73 Å². The molecule has 1 aliphatic heterocycles. The minimum Gasteiger partial charge on any atom is -0.316 e. The van der Waals surface area contributed by atoms with Gasteiger partial charge in [0.15, 0.2) is 0 Å². The molecule has 0 aromatic heterocycles. The molecule has 0 amide bonds. The second-order valence-electron chi connectivity index (χ2n) is 3.03. The number of hydrogen-bond donors (Lipinski definition) is 2. The van der Waals surface area contributed by atoms with Crippen LogP contribution in [0.5, 0.6) is 0 Å².